The van der Waals surface area contributed by atoms with Crippen molar-refractivity contribution in [2.45, 2.75) is 58.8 Å². The van der Waals surface area contributed by atoms with Gasteiger partial charge in [-0.3, -0.25) is 0 Å². The number of allylic oxidation sites excluding steroid dienone is 1. The number of nitrogens with zero attached hydrogens (tertiary/aromatic N) is 4. The molecule has 0 N–H and O–H groups in total. The lowest BCUT2D eigenvalue weighted by atomic mass is 9.90. The maximum atomic E-state index is 13.4. The third-order valence-electron chi connectivity index (χ3n) is 5.55. The maximum absolute atomic E-state index is 13.4. The molecule has 0 radical (unpaired) electrons. The third kappa shape index (κ3) is 4.16. The van der Waals surface area contributed by atoms with Crippen LogP contribution in [0, 0.1) is 18.3 Å². The van der Waals surface area contributed by atoms with E-state index >= 15 is 0 Å². The molecule has 1 atom stereocenters. The zero-order valence-electron chi connectivity index (χ0n) is 16.9. The molecule has 2 aromatic rings. The molecule has 1 unspecified atom stereocenters. The molecular weight excluding hydrogens is 377 g/mol. The van der Waals surface area contributed by atoms with Gasteiger partial charge in [0.2, 0.25) is 0 Å². The molecule has 0 amide bonds. The van der Waals surface area contributed by atoms with Crippen LogP contribution in [0.3, 0.4) is 0 Å². The molecule has 154 valence electrons. The molecule has 29 heavy (non-hydrogen) atoms. The Morgan fingerprint density at radius 3 is 2.69 bits per heavy atom. The summed E-state index contributed by atoms with van der Waals surface area (Å²) in [6.07, 6.45) is 2.00. The van der Waals surface area contributed by atoms with E-state index in [2.05, 4.69) is 22.6 Å². The van der Waals surface area contributed by atoms with Gasteiger partial charge in [0.1, 0.15) is 0 Å². The van der Waals surface area contributed by atoms with Crippen molar-refractivity contribution in [3.8, 4) is 6.07 Å². The molecule has 1 aromatic carbocycles. The Hall–Kier alpha value is -2.75. The third-order valence-corrected chi connectivity index (χ3v) is 5.55. The van der Waals surface area contributed by atoms with Gasteiger partial charge in [0.25, 0.3) is 0 Å². The van der Waals surface area contributed by atoms with Crippen LogP contribution in [0.1, 0.15) is 55.6 Å². The Kier molecular flexibility index (Phi) is 6.02. The minimum Gasteiger partial charge on any atom is -0.368 e. The van der Waals surface area contributed by atoms with Gasteiger partial charge >= 0.3 is 6.18 Å². The van der Waals surface area contributed by atoms with Crippen LogP contribution in [0.15, 0.2) is 30.6 Å². The summed E-state index contributed by atoms with van der Waals surface area (Å²) in [5, 5.41) is 9.05. The molecule has 4 nitrogen and oxygen atoms in total. The van der Waals surface area contributed by atoms with Crippen LogP contribution in [0.4, 0.5) is 18.9 Å². The Balaban J connectivity index is 1.93. The first-order chi connectivity index (χ1) is 13.8. The van der Waals surface area contributed by atoms with Crippen LogP contribution in [0.5, 0.6) is 0 Å². The molecule has 0 saturated heterocycles. The van der Waals surface area contributed by atoms with Gasteiger partial charge in [-0.1, -0.05) is 6.08 Å². The number of alkyl halides is 3. The molecule has 1 aliphatic carbocycles. The first-order valence-electron chi connectivity index (χ1n) is 9.89. The fraction of sp³-hybridized carbons (Fsp3) is 0.455. The Morgan fingerprint density at radius 2 is 2.07 bits per heavy atom. The number of aromatic nitrogens is 2. The highest BCUT2D eigenvalue weighted by Crippen LogP contribution is 2.37. The summed E-state index contributed by atoms with van der Waals surface area (Å²) in [6, 6.07) is 5.75. The molecule has 1 heterocycles. The number of anilines is 1. The molecule has 0 saturated carbocycles. The smallest absolute Gasteiger partial charge is 0.368 e. The number of imidazole rings is 1. The van der Waals surface area contributed by atoms with Crippen molar-refractivity contribution in [3.63, 3.8) is 0 Å². The van der Waals surface area contributed by atoms with Crippen molar-refractivity contribution in [2.75, 3.05) is 11.4 Å². The highest BCUT2D eigenvalue weighted by molar-refractivity contribution is 5.67. The molecule has 1 aromatic heterocycles. The van der Waals surface area contributed by atoms with Gasteiger partial charge in [-0.25, -0.2) is 4.98 Å². The van der Waals surface area contributed by atoms with Crippen LogP contribution in [-0.4, -0.2) is 22.1 Å². The summed E-state index contributed by atoms with van der Waals surface area (Å²) < 4.78 is 42.4. The fourth-order valence-corrected chi connectivity index (χ4v) is 4.18. The van der Waals surface area contributed by atoms with Crippen molar-refractivity contribution in [3.05, 3.63) is 53.1 Å². The van der Waals surface area contributed by atoms with Crippen molar-refractivity contribution in [2.24, 2.45) is 0 Å². The first kappa shape index (κ1) is 21.0. The van der Waals surface area contributed by atoms with E-state index in [0.717, 1.165) is 43.3 Å². The number of hydrogen-bond donors (Lipinski definition) is 0. The second-order valence-corrected chi connectivity index (χ2v) is 7.25. The topological polar surface area (TPSA) is 44.9 Å². The van der Waals surface area contributed by atoms with Gasteiger partial charge in [0.15, 0.2) is 0 Å². The quantitative estimate of drug-likeness (QED) is 0.657. The summed E-state index contributed by atoms with van der Waals surface area (Å²) in [5.74, 6) is 0. The van der Waals surface area contributed by atoms with Gasteiger partial charge in [-0.15, -0.1) is 0 Å². The molecule has 0 bridgehead atoms. The van der Waals surface area contributed by atoms with E-state index in [-0.39, 0.29) is 11.6 Å². The molecule has 1 aliphatic rings. The number of benzene rings is 1. The van der Waals surface area contributed by atoms with E-state index in [9.17, 15) is 13.2 Å². The van der Waals surface area contributed by atoms with Gasteiger partial charge in [-0.2, -0.15) is 18.4 Å². The lowest BCUT2D eigenvalue weighted by Gasteiger charge is -2.36. The zero-order valence-corrected chi connectivity index (χ0v) is 16.9. The van der Waals surface area contributed by atoms with Gasteiger partial charge in [0.05, 0.1) is 34.9 Å². The lowest BCUT2D eigenvalue weighted by Crippen LogP contribution is -2.37. The van der Waals surface area contributed by atoms with Crippen molar-refractivity contribution < 1.29 is 13.2 Å². The average Bonchev–Trinajstić information content (AvgIpc) is 3.08. The van der Waals surface area contributed by atoms with Crippen molar-refractivity contribution in [1.82, 2.24) is 9.55 Å². The van der Waals surface area contributed by atoms with Gasteiger partial charge in [-0.05, 0) is 63.8 Å². The highest BCUT2D eigenvalue weighted by Gasteiger charge is 2.35. The summed E-state index contributed by atoms with van der Waals surface area (Å²) in [6.45, 7) is 7.41. The minimum atomic E-state index is -4.55. The van der Waals surface area contributed by atoms with E-state index < -0.39 is 11.7 Å². The van der Waals surface area contributed by atoms with E-state index in [0.29, 0.717) is 12.2 Å². The van der Waals surface area contributed by atoms with E-state index in [1.165, 1.54) is 11.6 Å². The highest BCUT2D eigenvalue weighted by atomic mass is 19.4. The first-order valence-corrected chi connectivity index (χ1v) is 9.89. The van der Waals surface area contributed by atoms with Gasteiger partial charge < -0.3 is 9.47 Å². The van der Waals surface area contributed by atoms with Crippen molar-refractivity contribution in [1.29, 1.82) is 5.26 Å². The van der Waals surface area contributed by atoms with Crippen LogP contribution in [0.25, 0.3) is 5.57 Å². The Morgan fingerprint density at radius 1 is 1.31 bits per heavy atom. The maximum Gasteiger partial charge on any atom is 0.417 e. The summed E-state index contributed by atoms with van der Waals surface area (Å²) >= 11 is 0. The lowest BCUT2D eigenvalue weighted by molar-refractivity contribution is -0.137. The standard InChI is InChI=1S/C22H25F3N4/c1-4-28-14-27-15(3)21(28)16-7-6-8-18(11-16)29(5-2)19-10-9-17(13-26)20(12-19)22(23,24)25/h7,9-10,12,14,18H,4-6,8,11H2,1-3H3. The van der Waals surface area contributed by atoms with Crippen LogP contribution in [0.2, 0.25) is 0 Å². The molecule has 7 heteroatoms. The molecule has 0 aliphatic heterocycles. The van der Waals surface area contributed by atoms with E-state index in [1.54, 1.807) is 12.1 Å². The molecular formula is C22H25F3N4. The molecule has 0 fully saturated rings. The predicted octanol–water partition coefficient (Wildman–Crippen LogP) is 5.56. The summed E-state index contributed by atoms with van der Waals surface area (Å²) in [7, 11) is 0. The molecule has 3 rings (SSSR count). The number of nitriles is 1. The second-order valence-electron chi connectivity index (χ2n) is 7.25. The Bertz CT molecular complexity index is 950. The van der Waals surface area contributed by atoms with Crippen LogP contribution < -0.4 is 4.90 Å². The van der Waals surface area contributed by atoms with Crippen LogP contribution in [-0.2, 0) is 12.7 Å². The largest absolute Gasteiger partial charge is 0.417 e. The number of hydrogen-bond acceptors (Lipinski definition) is 3. The minimum absolute atomic E-state index is 0.0913. The Labute approximate surface area is 169 Å². The van der Waals surface area contributed by atoms with E-state index in [4.69, 9.17) is 5.26 Å². The van der Waals surface area contributed by atoms with Crippen LogP contribution >= 0.6 is 0 Å². The number of halogens is 3. The SMILES string of the molecule is CCN(c1ccc(C#N)c(C(F)(F)F)c1)C1CCC=C(c2c(C)ncn2CC)C1. The molecule has 0 spiro atoms. The summed E-state index contributed by atoms with van der Waals surface area (Å²) in [4.78, 5) is 6.44. The van der Waals surface area contributed by atoms with Gasteiger partial charge in [0, 0.05) is 24.8 Å². The fourth-order valence-electron chi connectivity index (χ4n) is 4.18. The second kappa shape index (κ2) is 8.32. The summed E-state index contributed by atoms with van der Waals surface area (Å²) in [5.41, 5.74) is 2.57. The van der Waals surface area contributed by atoms with E-state index in [1.807, 2.05) is 25.1 Å². The monoisotopic (exact) mass is 402 g/mol. The normalized spacial score (nSPS) is 17.0. The predicted molar refractivity (Wildman–Crippen MR) is 107 cm³/mol. The zero-order chi connectivity index (χ0) is 21.2. The number of aryl methyl sites for hydroxylation is 2. The van der Waals surface area contributed by atoms with Crippen molar-refractivity contribution >= 4 is 11.3 Å². The number of rotatable bonds is 5. The average molecular weight is 402 g/mol.